The smallest absolute Gasteiger partial charge is 0.329 e. The summed E-state index contributed by atoms with van der Waals surface area (Å²) in [5.74, 6) is -1.63. The standard InChI is InChI=1S/C13H15Cl2N3O2/c1-13(2,3)17-11(19)12(20)18-16-7-8-9(14)5-4-6-10(8)15/h4-7H,1-3H3,(H,17,19)(H,18,20)/b16-7-. The highest BCUT2D eigenvalue weighted by atomic mass is 35.5. The molecule has 1 rings (SSSR count). The topological polar surface area (TPSA) is 70.6 Å². The monoisotopic (exact) mass is 315 g/mol. The second-order valence-corrected chi connectivity index (χ2v) is 5.85. The van der Waals surface area contributed by atoms with Gasteiger partial charge in [-0.3, -0.25) is 9.59 Å². The van der Waals surface area contributed by atoms with Gasteiger partial charge in [-0.25, -0.2) is 5.43 Å². The van der Waals surface area contributed by atoms with Crippen LogP contribution in [0.15, 0.2) is 23.3 Å². The summed E-state index contributed by atoms with van der Waals surface area (Å²) in [6.45, 7) is 5.31. The first-order chi connectivity index (χ1) is 9.20. The lowest BCUT2D eigenvalue weighted by Crippen LogP contribution is -2.47. The van der Waals surface area contributed by atoms with Crippen LogP contribution in [0, 0.1) is 0 Å². The van der Waals surface area contributed by atoms with Gasteiger partial charge in [0.25, 0.3) is 0 Å². The number of hydrogen-bond acceptors (Lipinski definition) is 3. The highest BCUT2D eigenvalue weighted by Crippen LogP contribution is 2.21. The number of nitrogens with one attached hydrogen (secondary N) is 2. The van der Waals surface area contributed by atoms with Crippen LogP contribution in [0.3, 0.4) is 0 Å². The lowest BCUT2D eigenvalue weighted by atomic mass is 10.1. The van der Waals surface area contributed by atoms with Gasteiger partial charge in [-0.05, 0) is 32.9 Å². The third kappa shape index (κ3) is 5.19. The average molecular weight is 316 g/mol. The van der Waals surface area contributed by atoms with E-state index >= 15 is 0 Å². The maximum atomic E-state index is 11.5. The Bertz CT molecular complexity index is 531. The number of carbonyl (C=O) groups excluding carboxylic acids is 2. The third-order valence-corrected chi connectivity index (χ3v) is 2.71. The fourth-order valence-electron chi connectivity index (χ4n) is 1.24. The van der Waals surface area contributed by atoms with Crippen LogP contribution in [0.4, 0.5) is 0 Å². The second kappa shape index (κ2) is 6.72. The van der Waals surface area contributed by atoms with Gasteiger partial charge in [0, 0.05) is 11.1 Å². The summed E-state index contributed by atoms with van der Waals surface area (Å²) in [5, 5.41) is 6.97. The molecule has 0 atom stereocenters. The van der Waals surface area contributed by atoms with Crippen molar-refractivity contribution in [2.24, 2.45) is 5.10 Å². The molecule has 0 fully saturated rings. The minimum atomic E-state index is -0.862. The van der Waals surface area contributed by atoms with Crippen LogP contribution in [-0.4, -0.2) is 23.6 Å². The van der Waals surface area contributed by atoms with Crippen molar-refractivity contribution in [1.29, 1.82) is 0 Å². The third-order valence-electron chi connectivity index (χ3n) is 2.05. The fraction of sp³-hybridized carbons (Fsp3) is 0.308. The van der Waals surface area contributed by atoms with Gasteiger partial charge in [-0.1, -0.05) is 29.3 Å². The van der Waals surface area contributed by atoms with E-state index in [4.69, 9.17) is 23.2 Å². The van der Waals surface area contributed by atoms with Crippen molar-refractivity contribution in [3.05, 3.63) is 33.8 Å². The molecule has 0 radical (unpaired) electrons. The number of hydrogen-bond donors (Lipinski definition) is 2. The first-order valence-corrected chi connectivity index (χ1v) is 6.56. The number of rotatable bonds is 2. The van der Waals surface area contributed by atoms with Gasteiger partial charge in [0.2, 0.25) is 0 Å². The van der Waals surface area contributed by atoms with Crippen LogP contribution in [0.2, 0.25) is 10.0 Å². The zero-order chi connectivity index (χ0) is 15.3. The normalized spacial score (nSPS) is 11.4. The van der Waals surface area contributed by atoms with Crippen molar-refractivity contribution in [2.75, 3.05) is 0 Å². The number of carbonyl (C=O) groups is 2. The summed E-state index contributed by atoms with van der Waals surface area (Å²) >= 11 is 11.9. The first-order valence-electron chi connectivity index (χ1n) is 5.80. The average Bonchev–Trinajstić information content (AvgIpc) is 2.30. The largest absolute Gasteiger partial charge is 0.343 e. The second-order valence-electron chi connectivity index (χ2n) is 5.04. The van der Waals surface area contributed by atoms with E-state index in [0.717, 1.165) is 0 Å². The molecule has 0 bridgehead atoms. The molecule has 0 aliphatic rings. The quantitative estimate of drug-likeness (QED) is 0.499. The van der Waals surface area contributed by atoms with Crippen LogP contribution in [0.5, 0.6) is 0 Å². The molecule has 0 saturated carbocycles. The molecule has 1 aromatic carbocycles. The summed E-state index contributed by atoms with van der Waals surface area (Å²) in [6.07, 6.45) is 1.28. The van der Waals surface area contributed by atoms with Gasteiger partial charge in [0.15, 0.2) is 0 Å². The molecule has 0 aliphatic carbocycles. The number of halogens is 2. The van der Waals surface area contributed by atoms with Crippen LogP contribution in [0.1, 0.15) is 26.3 Å². The maximum absolute atomic E-state index is 11.5. The molecule has 108 valence electrons. The van der Waals surface area contributed by atoms with E-state index in [2.05, 4.69) is 15.8 Å². The summed E-state index contributed by atoms with van der Waals surface area (Å²) < 4.78 is 0. The van der Waals surface area contributed by atoms with E-state index in [9.17, 15) is 9.59 Å². The van der Waals surface area contributed by atoms with Crippen molar-refractivity contribution >= 4 is 41.2 Å². The van der Waals surface area contributed by atoms with Gasteiger partial charge < -0.3 is 5.32 Å². The van der Waals surface area contributed by atoms with Crippen molar-refractivity contribution in [1.82, 2.24) is 10.7 Å². The van der Waals surface area contributed by atoms with Crippen molar-refractivity contribution in [3.8, 4) is 0 Å². The summed E-state index contributed by atoms with van der Waals surface area (Å²) in [6, 6.07) is 4.98. The molecule has 0 spiro atoms. The van der Waals surface area contributed by atoms with Crippen LogP contribution >= 0.6 is 23.2 Å². The van der Waals surface area contributed by atoms with Gasteiger partial charge in [0.05, 0.1) is 16.3 Å². The number of hydrazone groups is 1. The van der Waals surface area contributed by atoms with Crippen molar-refractivity contribution < 1.29 is 9.59 Å². The Kier molecular flexibility index (Phi) is 5.53. The molecule has 0 aromatic heterocycles. The van der Waals surface area contributed by atoms with Crippen molar-refractivity contribution in [2.45, 2.75) is 26.3 Å². The zero-order valence-corrected chi connectivity index (χ0v) is 12.8. The Balaban J connectivity index is 2.65. The molecule has 0 aliphatic heterocycles. The lowest BCUT2D eigenvalue weighted by Gasteiger charge is -2.19. The summed E-state index contributed by atoms with van der Waals surface area (Å²) in [4.78, 5) is 23.0. The van der Waals surface area contributed by atoms with Gasteiger partial charge in [-0.2, -0.15) is 5.10 Å². The highest BCUT2D eigenvalue weighted by molar-refractivity contribution is 6.38. The van der Waals surface area contributed by atoms with Crippen LogP contribution < -0.4 is 10.7 Å². The summed E-state index contributed by atoms with van der Waals surface area (Å²) in [7, 11) is 0. The van der Waals surface area contributed by atoms with Gasteiger partial charge in [-0.15, -0.1) is 0 Å². The SMILES string of the molecule is CC(C)(C)NC(=O)C(=O)N/N=C\c1c(Cl)cccc1Cl. The molecule has 1 aromatic rings. The van der Waals surface area contributed by atoms with E-state index in [1.165, 1.54) is 6.21 Å². The first kappa shape index (κ1) is 16.5. The Hall–Kier alpha value is -1.59. The Morgan fingerprint density at radius 2 is 1.70 bits per heavy atom. The Morgan fingerprint density at radius 1 is 1.15 bits per heavy atom. The van der Waals surface area contributed by atoms with Crippen LogP contribution in [0.25, 0.3) is 0 Å². The van der Waals surface area contributed by atoms with E-state index in [1.807, 2.05) is 0 Å². The zero-order valence-electron chi connectivity index (χ0n) is 11.3. The fourth-order valence-corrected chi connectivity index (χ4v) is 1.73. The highest BCUT2D eigenvalue weighted by Gasteiger charge is 2.19. The molecule has 0 unspecified atom stereocenters. The minimum Gasteiger partial charge on any atom is -0.343 e. The Morgan fingerprint density at radius 3 is 2.20 bits per heavy atom. The maximum Gasteiger partial charge on any atom is 0.329 e. The number of amides is 2. The van der Waals surface area contributed by atoms with E-state index in [-0.39, 0.29) is 0 Å². The molecule has 5 nitrogen and oxygen atoms in total. The minimum absolute atomic E-state index is 0.398. The number of nitrogens with zero attached hydrogens (tertiary/aromatic N) is 1. The van der Waals surface area contributed by atoms with Gasteiger partial charge in [0.1, 0.15) is 0 Å². The predicted octanol–water partition coefficient (Wildman–Crippen LogP) is 2.36. The van der Waals surface area contributed by atoms with E-state index in [1.54, 1.807) is 39.0 Å². The van der Waals surface area contributed by atoms with Crippen LogP contribution in [-0.2, 0) is 9.59 Å². The predicted molar refractivity (Wildman–Crippen MR) is 80.1 cm³/mol. The molecule has 7 heteroatoms. The lowest BCUT2D eigenvalue weighted by molar-refractivity contribution is -0.140. The van der Waals surface area contributed by atoms with Gasteiger partial charge >= 0.3 is 11.8 Å². The number of benzene rings is 1. The molecule has 20 heavy (non-hydrogen) atoms. The summed E-state index contributed by atoms with van der Waals surface area (Å²) in [5.41, 5.74) is 2.08. The molecular formula is C13H15Cl2N3O2. The van der Waals surface area contributed by atoms with Crippen molar-refractivity contribution in [3.63, 3.8) is 0 Å². The molecule has 2 amide bonds. The molecule has 0 saturated heterocycles. The Labute approximate surface area is 127 Å². The molecular weight excluding hydrogens is 301 g/mol. The van der Waals surface area contributed by atoms with E-state index in [0.29, 0.717) is 15.6 Å². The van der Waals surface area contributed by atoms with E-state index < -0.39 is 17.4 Å². The molecule has 2 N–H and O–H groups in total. The molecule has 0 heterocycles.